The molecule has 0 radical (unpaired) electrons. The molecule has 0 unspecified atom stereocenters. The average molecular weight is 555 g/mol. The molecular weight excluding hydrogens is 532 g/mol. The molecule has 0 bridgehead atoms. The van der Waals surface area contributed by atoms with E-state index in [0.717, 1.165) is 0 Å². The number of nitrogens with two attached hydrogens (primary N) is 1. The minimum atomic E-state index is -3.55. The lowest BCUT2D eigenvalue weighted by Gasteiger charge is -2.28. The van der Waals surface area contributed by atoms with Gasteiger partial charge in [0.15, 0.2) is 16.9 Å². The predicted molar refractivity (Wildman–Crippen MR) is 116 cm³/mol. The minimum Gasteiger partial charge on any atom is -0.386 e. The highest BCUT2D eigenvalue weighted by molar-refractivity contribution is 14.1. The second kappa shape index (κ2) is 8.63. The summed E-state index contributed by atoms with van der Waals surface area (Å²) in [6.07, 6.45) is -0.291. The van der Waals surface area contributed by atoms with Crippen molar-refractivity contribution in [3.8, 4) is 0 Å². The van der Waals surface area contributed by atoms with Crippen molar-refractivity contribution in [1.82, 2.24) is 19.5 Å². The van der Waals surface area contributed by atoms with Crippen LogP contribution in [0.5, 0.6) is 0 Å². The molecule has 1 aliphatic rings. The van der Waals surface area contributed by atoms with Gasteiger partial charge < -0.3 is 29.2 Å². The molecule has 0 saturated heterocycles. The van der Waals surface area contributed by atoms with Crippen LogP contribution in [-0.4, -0.2) is 65.6 Å². The van der Waals surface area contributed by atoms with Gasteiger partial charge in [-0.15, -0.1) is 0 Å². The number of Topliss-reactive ketones (excluding diaryl/α,β-unsaturated/α-hetero) is 1. The van der Waals surface area contributed by atoms with E-state index in [-0.39, 0.29) is 30.3 Å². The fourth-order valence-electron chi connectivity index (χ4n) is 3.44. The number of alkyl halides is 1. The molecule has 4 N–H and O–H groups in total. The Kier molecular flexibility index (Phi) is 6.70. The quantitative estimate of drug-likeness (QED) is 0.242. The molecule has 12 nitrogen and oxygen atoms in total. The normalized spacial score (nSPS) is 27.2. The third-order valence-electron chi connectivity index (χ3n) is 4.72. The van der Waals surface area contributed by atoms with Gasteiger partial charge in [-0.2, -0.15) is 4.98 Å². The van der Waals surface area contributed by atoms with Gasteiger partial charge in [-0.05, 0) is 20.8 Å². The molecule has 1 saturated carbocycles. The first-order valence-electron chi connectivity index (χ1n) is 9.18. The van der Waals surface area contributed by atoms with Crippen molar-refractivity contribution in [3.05, 3.63) is 16.7 Å². The van der Waals surface area contributed by atoms with Crippen LogP contribution in [0, 0.1) is 0 Å². The van der Waals surface area contributed by atoms with Crippen LogP contribution < -0.4 is 11.3 Å². The van der Waals surface area contributed by atoms with Crippen molar-refractivity contribution in [2.24, 2.45) is 0 Å². The van der Waals surface area contributed by atoms with Gasteiger partial charge in [0.2, 0.25) is 5.95 Å². The van der Waals surface area contributed by atoms with Crippen LogP contribution in [0.25, 0.3) is 11.2 Å². The number of aromatic nitrogens is 4. The largest absolute Gasteiger partial charge is 0.386 e. The van der Waals surface area contributed by atoms with Gasteiger partial charge in [0.25, 0.3) is 5.56 Å². The van der Waals surface area contributed by atoms with E-state index >= 15 is 0 Å². The Balaban J connectivity index is 1.94. The number of rotatable bonds is 8. The van der Waals surface area contributed by atoms with E-state index in [9.17, 15) is 19.3 Å². The molecule has 2 aromatic heterocycles. The van der Waals surface area contributed by atoms with E-state index in [0.29, 0.717) is 0 Å². The van der Waals surface area contributed by atoms with Gasteiger partial charge in [-0.3, -0.25) is 19.1 Å². The van der Waals surface area contributed by atoms with E-state index in [1.165, 1.54) is 17.8 Å². The zero-order valence-corrected chi connectivity index (χ0v) is 19.6. The predicted octanol–water partition coefficient (Wildman–Crippen LogP) is 0.989. The summed E-state index contributed by atoms with van der Waals surface area (Å²) in [6.45, 7) is 5.10. The lowest BCUT2D eigenvalue weighted by atomic mass is 10.00. The number of ether oxygens (including phenoxy) is 1. The number of anilines is 1. The fraction of sp³-hybridized carbons (Fsp3) is 0.625. The lowest BCUT2D eigenvalue weighted by molar-refractivity contribution is -0.129. The summed E-state index contributed by atoms with van der Waals surface area (Å²) in [7, 11) is -3.55. The zero-order valence-electron chi connectivity index (χ0n) is 16.6. The van der Waals surface area contributed by atoms with Gasteiger partial charge in [-0.1, -0.05) is 22.6 Å². The number of imidazole rings is 1. The lowest BCUT2D eigenvalue weighted by Crippen LogP contribution is -2.40. The Bertz CT molecular complexity index is 1040. The van der Waals surface area contributed by atoms with Gasteiger partial charge in [0, 0.05) is 0 Å². The third-order valence-corrected chi connectivity index (χ3v) is 8.40. The molecule has 14 heteroatoms. The summed E-state index contributed by atoms with van der Waals surface area (Å²) >= 11 is 1.91. The maximum atomic E-state index is 13.2. The Hall–Kier alpha value is -1.38. The van der Waals surface area contributed by atoms with Crippen LogP contribution in [0.3, 0.4) is 0 Å². The number of H-pyrrole nitrogens is 1. The first-order chi connectivity index (χ1) is 14.1. The maximum absolute atomic E-state index is 13.2. The van der Waals surface area contributed by atoms with E-state index in [4.69, 9.17) is 19.5 Å². The van der Waals surface area contributed by atoms with Gasteiger partial charge >= 0.3 is 7.60 Å². The smallest absolute Gasteiger partial charge is 0.356 e. The second-order valence-corrected chi connectivity index (χ2v) is 10.2. The Morgan fingerprint density at radius 1 is 1.37 bits per heavy atom. The number of aliphatic hydroxyl groups is 1. The van der Waals surface area contributed by atoms with Gasteiger partial charge in [0.05, 0.1) is 23.5 Å². The van der Waals surface area contributed by atoms with Crippen LogP contribution in [0.2, 0.25) is 0 Å². The minimum absolute atomic E-state index is 0.0145. The number of aromatic amines is 1. The summed E-state index contributed by atoms with van der Waals surface area (Å²) in [5, 5.41) is 11.1. The highest BCUT2D eigenvalue weighted by Crippen LogP contribution is 2.50. The van der Waals surface area contributed by atoms with Crippen LogP contribution in [0.4, 0.5) is 5.95 Å². The molecule has 2 aromatic rings. The molecule has 4 atom stereocenters. The summed E-state index contributed by atoms with van der Waals surface area (Å²) in [5.41, 5.74) is 3.52. The zero-order chi connectivity index (χ0) is 22.3. The number of halogens is 1. The number of nitrogens with zero attached hydrogens (tertiary/aromatic N) is 3. The molecule has 0 aromatic carbocycles. The molecule has 0 amide bonds. The number of carbonyl (C=O) groups is 1. The molecule has 1 fully saturated rings. The summed E-state index contributed by atoms with van der Waals surface area (Å²) < 4.78 is 29.3. The highest BCUT2D eigenvalue weighted by Gasteiger charge is 2.58. The molecule has 166 valence electrons. The standard InChI is InChI=1S/C16H23IN5O7P/c1-4-28-30(26,29-5-2)7-27-10-9(23)12(16(3,25)11(10)17)22-6-19-8-13(22)20-15(18)21-14(8)24/h6,10-12,25H,4-5,7H2,1-3H3,(H3,18,20,21,24)/t10-,11+,12+,16+/m0/s1. The molecule has 3 rings (SSSR count). The fourth-order valence-corrected chi connectivity index (χ4v) is 5.70. The van der Waals surface area contributed by atoms with Crippen molar-refractivity contribution in [2.75, 3.05) is 25.3 Å². The van der Waals surface area contributed by atoms with Gasteiger partial charge in [-0.25, -0.2) is 4.98 Å². The molecular formula is C16H23IN5O7P. The molecule has 1 aliphatic carbocycles. The summed E-state index contributed by atoms with van der Waals surface area (Å²) in [5.74, 6) is -0.633. The van der Waals surface area contributed by atoms with E-state index < -0.39 is 47.0 Å². The van der Waals surface area contributed by atoms with Crippen LogP contribution in [0.15, 0.2) is 11.1 Å². The van der Waals surface area contributed by atoms with Crippen LogP contribution in [0.1, 0.15) is 26.8 Å². The second-order valence-electron chi connectivity index (χ2n) is 6.87. The first kappa shape index (κ1) is 23.3. The van der Waals surface area contributed by atoms with E-state index in [1.54, 1.807) is 13.8 Å². The van der Waals surface area contributed by atoms with Crippen molar-refractivity contribution in [2.45, 2.75) is 42.4 Å². The third kappa shape index (κ3) is 4.06. The Labute approximate surface area is 185 Å². The van der Waals surface area contributed by atoms with Crippen LogP contribution in [-0.2, 0) is 23.1 Å². The number of carbonyl (C=O) groups excluding carboxylic acids is 1. The maximum Gasteiger partial charge on any atom is 0.356 e. The Morgan fingerprint density at radius 2 is 2.00 bits per heavy atom. The molecule has 0 aliphatic heterocycles. The highest BCUT2D eigenvalue weighted by atomic mass is 127. The first-order valence-corrected chi connectivity index (χ1v) is 12.1. The van der Waals surface area contributed by atoms with E-state index in [2.05, 4.69) is 15.0 Å². The van der Waals surface area contributed by atoms with E-state index in [1.807, 2.05) is 22.6 Å². The van der Waals surface area contributed by atoms with Crippen molar-refractivity contribution in [1.29, 1.82) is 0 Å². The monoisotopic (exact) mass is 555 g/mol. The summed E-state index contributed by atoms with van der Waals surface area (Å²) in [4.78, 5) is 35.7. The average Bonchev–Trinajstić information content (AvgIpc) is 3.12. The van der Waals surface area contributed by atoms with Gasteiger partial charge in [0.1, 0.15) is 24.1 Å². The molecule has 2 heterocycles. The van der Waals surface area contributed by atoms with Crippen molar-refractivity contribution >= 4 is 53.1 Å². The number of fused-ring (bicyclic) bond motifs is 1. The number of hydrogen-bond acceptors (Lipinski definition) is 10. The number of nitrogens with one attached hydrogen (secondary N) is 1. The molecule has 0 spiro atoms. The Morgan fingerprint density at radius 3 is 2.60 bits per heavy atom. The number of ketones is 1. The SMILES string of the molecule is CCOP(=O)(CO[C@H]1C(=O)[C@@H](n2cnc3c(=O)[nH]c(N)nc32)[C@](C)(O)[C@@H]1I)OCC. The van der Waals surface area contributed by atoms with Crippen molar-refractivity contribution < 1.29 is 28.3 Å². The molecule has 30 heavy (non-hydrogen) atoms. The van der Waals surface area contributed by atoms with Crippen LogP contribution >= 0.6 is 30.2 Å². The number of hydrogen-bond donors (Lipinski definition) is 3. The number of nitrogen functional groups attached to an aromatic ring is 1. The van der Waals surface area contributed by atoms with Crippen molar-refractivity contribution in [3.63, 3.8) is 0 Å². The topological polar surface area (TPSA) is 172 Å². The summed E-state index contributed by atoms with van der Waals surface area (Å²) in [6, 6.07) is -1.15.